The smallest absolute Gasteiger partial charge is 0.409 e. The van der Waals surface area contributed by atoms with Gasteiger partial charge in [-0.25, -0.2) is 4.79 Å². The van der Waals surface area contributed by atoms with Gasteiger partial charge in [0.05, 0.1) is 0 Å². The van der Waals surface area contributed by atoms with Crippen LogP contribution in [0.1, 0.15) is 13.8 Å². The minimum absolute atomic E-state index is 0. The Labute approximate surface area is 86.0 Å². The van der Waals surface area contributed by atoms with E-state index in [9.17, 15) is 4.79 Å². The topological polar surface area (TPSA) is 41.6 Å². The number of carbonyl (C=O) groups excluding carboxylic acids is 1. The van der Waals surface area contributed by atoms with Crippen LogP contribution in [0.25, 0.3) is 0 Å². The summed E-state index contributed by atoms with van der Waals surface area (Å²) in [5, 5.41) is 2.90. The molecular weight excluding hydrogens is 192 g/mol. The second-order valence-corrected chi connectivity index (χ2v) is 2.39. The van der Waals surface area contributed by atoms with Crippen molar-refractivity contribution in [1.82, 2.24) is 10.2 Å². The Morgan fingerprint density at radius 1 is 1.38 bits per heavy atom. The molecule has 80 valence electrons. The highest BCUT2D eigenvalue weighted by atomic mass is 35.5. The van der Waals surface area contributed by atoms with Gasteiger partial charge in [-0.2, -0.15) is 0 Å². The summed E-state index contributed by atoms with van der Waals surface area (Å²) < 4.78 is 4.95. The fourth-order valence-electron chi connectivity index (χ4n) is 0.813. The van der Waals surface area contributed by atoms with Gasteiger partial charge in [0.2, 0.25) is 0 Å². The van der Waals surface area contributed by atoms with Crippen LogP contribution in [0.15, 0.2) is 0 Å². The molecular formula is C8H19ClN2O2. The van der Waals surface area contributed by atoms with Crippen molar-refractivity contribution in [2.24, 2.45) is 0 Å². The second-order valence-electron chi connectivity index (χ2n) is 2.39. The van der Waals surface area contributed by atoms with Crippen LogP contribution in [0.4, 0.5) is 4.79 Å². The van der Waals surface area contributed by atoms with Gasteiger partial charge >= 0.3 is 6.09 Å². The molecule has 0 heterocycles. The second kappa shape index (κ2) is 9.61. The number of nitrogens with zero attached hydrogens (tertiary/aromatic N) is 1. The van der Waals surface area contributed by atoms with Crippen LogP contribution in [-0.2, 0) is 4.74 Å². The molecule has 0 aromatic rings. The maximum absolute atomic E-state index is 11.2. The van der Waals surface area contributed by atoms with Gasteiger partial charge in [0, 0.05) is 19.6 Å². The predicted octanol–water partition coefficient (Wildman–Crippen LogP) is 1.11. The maximum atomic E-state index is 11.2. The molecule has 0 unspecified atom stereocenters. The largest absolute Gasteiger partial charge is 0.448 e. The molecule has 1 N–H and O–H groups in total. The fraction of sp³-hybridized carbons (Fsp3) is 0.875. The molecule has 0 rings (SSSR count). The lowest BCUT2D eigenvalue weighted by molar-refractivity contribution is 0.107. The van der Waals surface area contributed by atoms with Crippen LogP contribution in [-0.4, -0.2) is 44.3 Å². The highest BCUT2D eigenvalue weighted by Gasteiger charge is 2.08. The first-order valence-electron chi connectivity index (χ1n) is 4.32. The lowest BCUT2D eigenvalue weighted by Crippen LogP contribution is -2.32. The van der Waals surface area contributed by atoms with Gasteiger partial charge in [-0.15, -0.1) is 12.4 Å². The monoisotopic (exact) mass is 210 g/mol. The zero-order valence-corrected chi connectivity index (χ0v) is 9.32. The molecule has 0 aromatic carbocycles. The third-order valence-corrected chi connectivity index (χ3v) is 1.60. The molecule has 0 aliphatic heterocycles. The highest BCUT2D eigenvalue weighted by molar-refractivity contribution is 5.85. The average Bonchev–Trinajstić information content (AvgIpc) is 2.07. The summed E-state index contributed by atoms with van der Waals surface area (Å²) in [5.74, 6) is 0. The summed E-state index contributed by atoms with van der Waals surface area (Å²) in [5.41, 5.74) is 0. The number of hydrogen-bond acceptors (Lipinski definition) is 3. The molecule has 0 fully saturated rings. The molecule has 5 heteroatoms. The van der Waals surface area contributed by atoms with Crippen LogP contribution in [0.2, 0.25) is 0 Å². The third kappa shape index (κ3) is 6.66. The Morgan fingerprint density at radius 3 is 2.31 bits per heavy atom. The fourth-order valence-corrected chi connectivity index (χ4v) is 0.813. The molecule has 0 bridgehead atoms. The van der Waals surface area contributed by atoms with E-state index in [1.54, 1.807) is 4.90 Å². The molecule has 0 atom stereocenters. The Hall–Kier alpha value is -0.480. The number of halogens is 1. The van der Waals surface area contributed by atoms with Crippen molar-refractivity contribution in [3.05, 3.63) is 0 Å². The first-order valence-corrected chi connectivity index (χ1v) is 4.32. The van der Waals surface area contributed by atoms with Crippen molar-refractivity contribution in [2.45, 2.75) is 13.8 Å². The minimum atomic E-state index is -0.227. The Morgan fingerprint density at radius 2 is 1.92 bits per heavy atom. The first kappa shape index (κ1) is 15.0. The maximum Gasteiger partial charge on any atom is 0.409 e. The van der Waals surface area contributed by atoms with Crippen LogP contribution in [0, 0.1) is 0 Å². The van der Waals surface area contributed by atoms with Crippen LogP contribution < -0.4 is 5.32 Å². The summed E-state index contributed by atoms with van der Waals surface area (Å²) in [4.78, 5) is 12.8. The van der Waals surface area contributed by atoms with Crippen LogP contribution in [0.3, 0.4) is 0 Å². The van der Waals surface area contributed by atoms with E-state index in [-0.39, 0.29) is 18.5 Å². The van der Waals surface area contributed by atoms with Gasteiger partial charge in [0.15, 0.2) is 0 Å². The van der Waals surface area contributed by atoms with Gasteiger partial charge in [0.1, 0.15) is 6.61 Å². The van der Waals surface area contributed by atoms with Crippen molar-refractivity contribution in [3.8, 4) is 0 Å². The zero-order chi connectivity index (χ0) is 9.40. The van der Waals surface area contributed by atoms with E-state index in [1.807, 2.05) is 20.9 Å². The van der Waals surface area contributed by atoms with Gasteiger partial charge in [-0.1, -0.05) is 0 Å². The van der Waals surface area contributed by atoms with Crippen molar-refractivity contribution in [2.75, 3.05) is 33.3 Å². The lowest BCUT2D eigenvalue weighted by atomic mass is 10.5. The summed E-state index contributed by atoms with van der Waals surface area (Å²) >= 11 is 0. The SMILES string of the molecule is CCN(CC)C(=O)OCCNC.Cl. The molecule has 0 spiro atoms. The Kier molecular flexibility index (Phi) is 11.1. The van der Waals surface area contributed by atoms with Crippen molar-refractivity contribution >= 4 is 18.5 Å². The standard InChI is InChI=1S/C8H18N2O2.ClH/c1-4-10(5-2)8(11)12-7-6-9-3;/h9H,4-7H2,1-3H3;1H. The van der Waals surface area contributed by atoms with Gasteiger partial charge in [0.25, 0.3) is 0 Å². The zero-order valence-electron chi connectivity index (χ0n) is 8.50. The van der Waals surface area contributed by atoms with E-state index in [0.29, 0.717) is 26.2 Å². The van der Waals surface area contributed by atoms with Gasteiger partial charge in [-0.05, 0) is 20.9 Å². The molecule has 1 amide bonds. The quantitative estimate of drug-likeness (QED) is 0.692. The van der Waals surface area contributed by atoms with Crippen LogP contribution in [0.5, 0.6) is 0 Å². The third-order valence-electron chi connectivity index (χ3n) is 1.60. The predicted molar refractivity (Wildman–Crippen MR) is 55.4 cm³/mol. The minimum Gasteiger partial charge on any atom is -0.448 e. The lowest BCUT2D eigenvalue weighted by Gasteiger charge is -2.17. The van der Waals surface area contributed by atoms with E-state index in [1.165, 1.54) is 0 Å². The number of rotatable bonds is 5. The molecule has 0 saturated heterocycles. The number of amides is 1. The van der Waals surface area contributed by atoms with Crippen molar-refractivity contribution < 1.29 is 9.53 Å². The number of ether oxygens (including phenoxy) is 1. The van der Waals surface area contributed by atoms with E-state index in [2.05, 4.69) is 5.32 Å². The molecule has 13 heavy (non-hydrogen) atoms. The van der Waals surface area contributed by atoms with Crippen molar-refractivity contribution in [1.29, 1.82) is 0 Å². The molecule has 0 radical (unpaired) electrons. The average molecular weight is 211 g/mol. The van der Waals surface area contributed by atoms with E-state index in [4.69, 9.17) is 4.74 Å². The molecule has 0 aliphatic carbocycles. The summed E-state index contributed by atoms with van der Waals surface area (Å²) in [6.07, 6.45) is -0.227. The summed E-state index contributed by atoms with van der Waals surface area (Å²) in [7, 11) is 1.82. The van der Waals surface area contributed by atoms with E-state index < -0.39 is 0 Å². The highest BCUT2D eigenvalue weighted by Crippen LogP contribution is 1.91. The number of carbonyl (C=O) groups is 1. The first-order chi connectivity index (χ1) is 5.76. The summed E-state index contributed by atoms with van der Waals surface area (Å²) in [6, 6.07) is 0. The number of hydrogen-bond donors (Lipinski definition) is 1. The molecule has 0 aliphatic rings. The van der Waals surface area contributed by atoms with E-state index >= 15 is 0 Å². The molecule has 0 aromatic heterocycles. The summed E-state index contributed by atoms with van der Waals surface area (Å²) in [6.45, 7) is 6.41. The van der Waals surface area contributed by atoms with Crippen LogP contribution >= 0.6 is 12.4 Å². The Balaban J connectivity index is 0. The molecule has 4 nitrogen and oxygen atoms in total. The van der Waals surface area contributed by atoms with Gasteiger partial charge in [-0.3, -0.25) is 0 Å². The van der Waals surface area contributed by atoms with Crippen molar-refractivity contribution in [3.63, 3.8) is 0 Å². The van der Waals surface area contributed by atoms with Gasteiger partial charge < -0.3 is 15.0 Å². The normalized spacial score (nSPS) is 8.85. The molecule has 0 saturated carbocycles. The number of likely N-dealkylation sites (N-methyl/N-ethyl adjacent to an activating group) is 1. The Bertz CT molecular complexity index is 129. The van der Waals surface area contributed by atoms with E-state index in [0.717, 1.165) is 0 Å². The number of nitrogens with one attached hydrogen (secondary N) is 1.